The molecule has 5 heteroatoms. The number of nitrogens with zero attached hydrogens (tertiary/aromatic N) is 1. The van der Waals surface area contributed by atoms with Gasteiger partial charge in [-0.05, 0) is 43.2 Å². The number of carbonyl (C=O) groups is 1. The lowest BCUT2D eigenvalue weighted by atomic mass is 10.2. The quantitative estimate of drug-likeness (QED) is 0.705. The maximum atomic E-state index is 12.3. The van der Waals surface area contributed by atoms with Crippen molar-refractivity contribution in [3.63, 3.8) is 0 Å². The number of ether oxygens (including phenoxy) is 1. The highest BCUT2D eigenvalue weighted by atomic mass is 79.9. The molecule has 122 valence electrons. The minimum Gasteiger partial charge on any atom is -0.495 e. The second-order valence-electron chi connectivity index (χ2n) is 6.01. The molecule has 24 heavy (non-hydrogen) atoms. The molecule has 0 unspecified atom stereocenters. The van der Waals surface area contributed by atoms with E-state index in [4.69, 9.17) is 4.74 Å². The van der Waals surface area contributed by atoms with E-state index in [0.29, 0.717) is 0 Å². The van der Waals surface area contributed by atoms with E-state index in [2.05, 4.69) is 25.8 Å². The Kier molecular flexibility index (Phi) is 3.81. The van der Waals surface area contributed by atoms with Gasteiger partial charge < -0.3 is 14.6 Å². The number of fused-ring (bicyclic) bond motifs is 1. The number of para-hydroxylation sites is 2. The van der Waals surface area contributed by atoms with Gasteiger partial charge in [-0.3, -0.25) is 4.79 Å². The van der Waals surface area contributed by atoms with Crippen LogP contribution in [-0.2, 0) is 4.79 Å². The van der Waals surface area contributed by atoms with Gasteiger partial charge >= 0.3 is 0 Å². The average molecular weight is 385 g/mol. The molecule has 1 amide bonds. The Morgan fingerprint density at radius 1 is 1.25 bits per heavy atom. The standard InChI is InChI=1S/C19H17BrN2O2/c1-24-17-5-3-2-4-16(17)22-9-8-13-10-14(20)11-15(18(13)22)21-19(23)12-6-7-12/h2-5,8-12H,6-7H2,1H3,(H,21,23). The summed E-state index contributed by atoms with van der Waals surface area (Å²) in [5.74, 6) is 1.05. The Morgan fingerprint density at radius 3 is 2.79 bits per heavy atom. The van der Waals surface area contributed by atoms with Crippen molar-refractivity contribution in [1.82, 2.24) is 4.57 Å². The summed E-state index contributed by atoms with van der Waals surface area (Å²) in [4.78, 5) is 12.3. The largest absolute Gasteiger partial charge is 0.495 e. The van der Waals surface area contributed by atoms with Gasteiger partial charge in [0, 0.05) is 22.0 Å². The predicted molar refractivity (Wildman–Crippen MR) is 98.9 cm³/mol. The number of hydrogen-bond acceptors (Lipinski definition) is 2. The number of halogens is 1. The lowest BCUT2D eigenvalue weighted by Crippen LogP contribution is -2.14. The second-order valence-corrected chi connectivity index (χ2v) is 6.93. The van der Waals surface area contributed by atoms with Crippen molar-refractivity contribution in [3.05, 3.63) is 53.1 Å². The van der Waals surface area contributed by atoms with Crippen molar-refractivity contribution in [2.75, 3.05) is 12.4 Å². The van der Waals surface area contributed by atoms with Crippen LogP contribution < -0.4 is 10.1 Å². The van der Waals surface area contributed by atoms with Gasteiger partial charge in [0.1, 0.15) is 5.75 Å². The Bertz CT molecular complexity index is 928. The zero-order chi connectivity index (χ0) is 16.7. The molecular weight excluding hydrogens is 368 g/mol. The predicted octanol–water partition coefficient (Wildman–Crippen LogP) is 4.75. The minimum atomic E-state index is 0.0992. The number of aromatic nitrogens is 1. The maximum Gasteiger partial charge on any atom is 0.227 e. The van der Waals surface area contributed by atoms with Crippen LogP contribution in [0.4, 0.5) is 5.69 Å². The van der Waals surface area contributed by atoms with Gasteiger partial charge in [-0.1, -0.05) is 28.1 Å². The lowest BCUT2D eigenvalue weighted by Gasteiger charge is -2.14. The second kappa shape index (κ2) is 5.98. The molecule has 4 nitrogen and oxygen atoms in total. The van der Waals surface area contributed by atoms with Gasteiger partial charge in [-0.2, -0.15) is 0 Å². The Morgan fingerprint density at radius 2 is 2.04 bits per heavy atom. The summed E-state index contributed by atoms with van der Waals surface area (Å²) >= 11 is 3.53. The third kappa shape index (κ3) is 2.69. The summed E-state index contributed by atoms with van der Waals surface area (Å²) in [7, 11) is 1.66. The van der Waals surface area contributed by atoms with E-state index in [1.54, 1.807) is 7.11 Å². The summed E-state index contributed by atoms with van der Waals surface area (Å²) in [6.07, 6.45) is 3.97. The SMILES string of the molecule is COc1ccccc1-n1ccc2cc(Br)cc(NC(=O)C3CC3)c21. The van der Waals surface area contributed by atoms with Gasteiger partial charge in [-0.15, -0.1) is 0 Å². The third-order valence-corrected chi connectivity index (χ3v) is 4.76. The Labute approximate surface area is 148 Å². The number of hydrogen-bond donors (Lipinski definition) is 1. The fourth-order valence-corrected chi connectivity index (χ4v) is 3.43. The molecule has 1 heterocycles. The highest BCUT2D eigenvalue weighted by molar-refractivity contribution is 9.10. The Balaban J connectivity index is 1.89. The van der Waals surface area contributed by atoms with Crippen LogP contribution in [0.1, 0.15) is 12.8 Å². The first-order valence-corrected chi connectivity index (χ1v) is 8.71. The third-order valence-electron chi connectivity index (χ3n) is 4.30. The molecule has 1 aromatic heterocycles. The van der Waals surface area contributed by atoms with Crippen LogP contribution in [0.2, 0.25) is 0 Å². The molecule has 0 saturated heterocycles. The van der Waals surface area contributed by atoms with E-state index < -0.39 is 0 Å². The topological polar surface area (TPSA) is 43.3 Å². The molecule has 4 rings (SSSR count). The summed E-state index contributed by atoms with van der Waals surface area (Å²) in [6, 6.07) is 13.9. The highest BCUT2D eigenvalue weighted by Crippen LogP contribution is 2.36. The Hall–Kier alpha value is -2.27. The monoisotopic (exact) mass is 384 g/mol. The van der Waals surface area contributed by atoms with Crippen LogP contribution in [0.5, 0.6) is 5.75 Å². The van der Waals surface area contributed by atoms with Crippen molar-refractivity contribution < 1.29 is 9.53 Å². The number of amides is 1. The number of anilines is 1. The first-order chi connectivity index (χ1) is 11.7. The van der Waals surface area contributed by atoms with Crippen LogP contribution in [0, 0.1) is 5.92 Å². The summed E-state index contributed by atoms with van der Waals surface area (Å²) in [5.41, 5.74) is 2.73. The fourth-order valence-electron chi connectivity index (χ4n) is 2.95. The maximum absolute atomic E-state index is 12.3. The molecule has 0 atom stereocenters. The molecule has 1 aliphatic carbocycles. The molecule has 1 aliphatic rings. The zero-order valence-corrected chi connectivity index (χ0v) is 14.8. The van der Waals surface area contributed by atoms with E-state index >= 15 is 0 Å². The number of benzene rings is 2. The molecular formula is C19H17BrN2O2. The van der Waals surface area contributed by atoms with Crippen LogP contribution >= 0.6 is 15.9 Å². The molecule has 1 saturated carbocycles. The van der Waals surface area contributed by atoms with Gasteiger partial charge in [-0.25, -0.2) is 0 Å². The van der Waals surface area contributed by atoms with Crippen molar-refractivity contribution in [3.8, 4) is 11.4 Å². The number of carbonyl (C=O) groups excluding carboxylic acids is 1. The molecule has 1 N–H and O–H groups in total. The molecule has 1 fully saturated rings. The van der Waals surface area contributed by atoms with E-state index in [0.717, 1.165) is 45.3 Å². The summed E-state index contributed by atoms with van der Waals surface area (Å²) in [5, 5.41) is 4.15. The van der Waals surface area contributed by atoms with Gasteiger partial charge in [0.25, 0.3) is 0 Å². The van der Waals surface area contributed by atoms with Crippen LogP contribution in [0.25, 0.3) is 16.6 Å². The molecule has 3 aromatic rings. The number of rotatable bonds is 4. The molecule has 0 radical (unpaired) electrons. The lowest BCUT2D eigenvalue weighted by molar-refractivity contribution is -0.117. The first-order valence-electron chi connectivity index (χ1n) is 7.92. The van der Waals surface area contributed by atoms with Crippen molar-refractivity contribution in [1.29, 1.82) is 0 Å². The van der Waals surface area contributed by atoms with Crippen molar-refractivity contribution in [2.45, 2.75) is 12.8 Å². The van der Waals surface area contributed by atoms with Crippen LogP contribution in [-0.4, -0.2) is 17.6 Å². The van der Waals surface area contributed by atoms with Gasteiger partial charge in [0.15, 0.2) is 0 Å². The molecule has 2 aromatic carbocycles. The van der Waals surface area contributed by atoms with E-state index in [-0.39, 0.29) is 11.8 Å². The van der Waals surface area contributed by atoms with E-state index in [1.165, 1.54) is 0 Å². The molecule has 0 spiro atoms. The smallest absolute Gasteiger partial charge is 0.227 e. The van der Waals surface area contributed by atoms with Crippen LogP contribution in [0.15, 0.2) is 53.1 Å². The normalized spacial score (nSPS) is 13.9. The molecule has 0 aliphatic heterocycles. The average Bonchev–Trinajstić information content (AvgIpc) is 3.35. The van der Waals surface area contributed by atoms with Crippen molar-refractivity contribution >= 4 is 38.4 Å². The fraction of sp³-hybridized carbons (Fsp3) is 0.211. The van der Waals surface area contributed by atoms with Crippen molar-refractivity contribution in [2.24, 2.45) is 5.92 Å². The van der Waals surface area contributed by atoms with E-state index in [1.807, 2.05) is 48.7 Å². The minimum absolute atomic E-state index is 0.0992. The highest BCUT2D eigenvalue weighted by Gasteiger charge is 2.30. The van der Waals surface area contributed by atoms with Crippen LogP contribution in [0.3, 0.4) is 0 Å². The molecule has 0 bridgehead atoms. The first kappa shape index (κ1) is 15.3. The summed E-state index contributed by atoms with van der Waals surface area (Å²) in [6.45, 7) is 0. The number of nitrogens with one attached hydrogen (secondary N) is 1. The zero-order valence-electron chi connectivity index (χ0n) is 13.3. The summed E-state index contributed by atoms with van der Waals surface area (Å²) < 4.78 is 8.50. The van der Waals surface area contributed by atoms with E-state index in [9.17, 15) is 4.79 Å². The number of methoxy groups -OCH3 is 1. The van der Waals surface area contributed by atoms with Gasteiger partial charge in [0.05, 0.1) is 24.0 Å². The van der Waals surface area contributed by atoms with Gasteiger partial charge in [0.2, 0.25) is 5.91 Å².